The Bertz CT molecular complexity index is 620. The number of imidazole rings is 1. The molecule has 0 atom stereocenters. The van der Waals surface area contributed by atoms with E-state index in [0.717, 1.165) is 9.63 Å². The van der Waals surface area contributed by atoms with Gasteiger partial charge in [-0.25, -0.2) is 19.4 Å². The minimum Gasteiger partial charge on any atom is -0.464 e. The lowest BCUT2D eigenvalue weighted by Gasteiger charge is -2.13. The zero-order valence-electron chi connectivity index (χ0n) is 9.82. The molecule has 1 aromatic heterocycles. The summed E-state index contributed by atoms with van der Waals surface area (Å²) in [5.74, 6) is -0.329. The van der Waals surface area contributed by atoms with Crippen LogP contribution >= 0.6 is 0 Å². The van der Waals surface area contributed by atoms with Crippen molar-refractivity contribution in [1.29, 1.82) is 0 Å². The van der Waals surface area contributed by atoms with Crippen molar-refractivity contribution in [3.8, 4) is 0 Å². The van der Waals surface area contributed by atoms with Crippen LogP contribution in [0.5, 0.6) is 0 Å². The van der Waals surface area contributed by atoms with E-state index in [9.17, 15) is 9.59 Å². The van der Waals surface area contributed by atoms with Crippen LogP contribution in [0, 0.1) is 0 Å². The third kappa shape index (κ3) is 1.91. The van der Waals surface area contributed by atoms with Gasteiger partial charge in [-0.15, -0.1) is 0 Å². The summed E-state index contributed by atoms with van der Waals surface area (Å²) in [6, 6.07) is 4.58. The fourth-order valence-corrected chi connectivity index (χ4v) is 1.56. The molecule has 0 aliphatic heterocycles. The number of nitrogens with zero attached hydrogens (tertiary/aromatic N) is 3. The molecule has 0 radical (unpaired) electrons. The van der Waals surface area contributed by atoms with Crippen molar-refractivity contribution in [2.75, 3.05) is 14.2 Å². The molecule has 1 heterocycles. The third-order valence-electron chi connectivity index (χ3n) is 2.56. The van der Waals surface area contributed by atoms with E-state index in [-0.39, 0.29) is 5.91 Å². The van der Waals surface area contributed by atoms with Crippen LogP contribution in [0.1, 0.15) is 10.4 Å². The second kappa shape index (κ2) is 4.46. The third-order valence-corrected chi connectivity index (χ3v) is 2.56. The summed E-state index contributed by atoms with van der Waals surface area (Å²) in [6.45, 7) is 0. The number of fused-ring (bicyclic) bond motifs is 1. The Morgan fingerprint density at radius 3 is 2.78 bits per heavy atom. The highest BCUT2D eigenvalue weighted by Crippen LogP contribution is 2.15. The summed E-state index contributed by atoms with van der Waals surface area (Å²) in [5.41, 5.74) is 1.24. The molecule has 1 amide bonds. The molecule has 2 aromatic rings. The number of carbonyl (C=O) groups is 2. The monoisotopic (exact) mass is 249 g/mol. The first-order chi connectivity index (χ1) is 8.54. The number of carboxylic acid groups (broad SMARTS) is 1. The lowest BCUT2D eigenvalue weighted by Crippen LogP contribution is -2.25. The van der Waals surface area contributed by atoms with Crippen molar-refractivity contribution in [1.82, 2.24) is 14.6 Å². The molecule has 94 valence electrons. The normalized spacial score (nSPS) is 10.6. The van der Waals surface area contributed by atoms with Crippen LogP contribution in [0.3, 0.4) is 0 Å². The van der Waals surface area contributed by atoms with Crippen LogP contribution in [-0.4, -0.2) is 45.9 Å². The van der Waals surface area contributed by atoms with Crippen LogP contribution in [-0.2, 0) is 4.84 Å². The predicted molar refractivity (Wildman–Crippen MR) is 62.3 cm³/mol. The first-order valence-electron chi connectivity index (χ1n) is 5.07. The second-order valence-corrected chi connectivity index (χ2v) is 3.59. The number of aromatic nitrogens is 2. The van der Waals surface area contributed by atoms with Gasteiger partial charge in [-0.2, -0.15) is 0 Å². The molecular formula is C11H11N3O4. The molecule has 1 aromatic carbocycles. The van der Waals surface area contributed by atoms with Gasteiger partial charge in [-0.1, -0.05) is 0 Å². The minimum absolute atomic E-state index is 0.329. The minimum atomic E-state index is -1.12. The number of hydrogen-bond acceptors (Lipinski definition) is 4. The predicted octanol–water partition coefficient (Wildman–Crippen LogP) is 1.20. The van der Waals surface area contributed by atoms with Gasteiger partial charge in [0, 0.05) is 12.6 Å². The standard InChI is InChI=1S/C11H11N3O4/c1-13(18-2)10(15)7-3-4-9-8(5-7)12-6-14(9)11(16)17/h3-6H,1-2H3,(H,16,17). The van der Waals surface area contributed by atoms with E-state index in [0.29, 0.717) is 16.6 Å². The number of amides is 1. The zero-order valence-corrected chi connectivity index (χ0v) is 9.82. The number of hydroxylamine groups is 2. The average molecular weight is 249 g/mol. The Morgan fingerprint density at radius 2 is 2.17 bits per heavy atom. The lowest BCUT2D eigenvalue weighted by molar-refractivity contribution is -0.0756. The molecule has 0 fully saturated rings. The van der Waals surface area contributed by atoms with E-state index in [1.54, 1.807) is 0 Å². The summed E-state index contributed by atoms with van der Waals surface area (Å²) in [4.78, 5) is 31.4. The highest BCUT2D eigenvalue weighted by atomic mass is 16.7. The quantitative estimate of drug-likeness (QED) is 0.808. The van der Waals surface area contributed by atoms with Crippen molar-refractivity contribution < 1.29 is 19.5 Å². The van der Waals surface area contributed by atoms with Gasteiger partial charge in [-0.3, -0.25) is 9.63 Å². The molecular weight excluding hydrogens is 238 g/mol. The maximum absolute atomic E-state index is 11.8. The van der Waals surface area contributed by atoms with Crippen molar-refractivity contribution in [2.24, 2.45) is 0 Å². The number of hydrogen-bond donors (Lipinski definition) is 1. The van der Waals surface area contributed by atoms with Gasteiger partial charge in [0.2, 0.25) is 0 Å². The molecule has 0 saturated heterocycles. The molecule has 0 aliphatic carbocycles. The summed E-state index contributed by atoms with van der Waals surface area (Å²) < 4.78 is 0.990. The molecule has 1 N–H and O–H groups in total. The lowest BCUT2D eigenvalue weighted by atomic mass is 10.2. The average Bonchev–Trinajstić information content (AvgIpc) is 2.79. The largest absolute Gasteiger partial charge is 0.464 e. The first kappa shape index (κ1) is 12.1. The van der Waals surface area contributed by atoms with E-state index < -0.39 is 6.09 Å². The van der Waals surface area contributed by atoms with Crippen LogP contribution in [0.2, 0.25) is 0 Å². The summed E-state index contributed by atoms with van der Waals surface area (Å²) >= 11 is 0. The van der Waals surface area contributed by atoms with Crippen LogP contribution in [0.4, 0.5) is 4.79 Å². The molecule has 0 saturated carbocycles. The van der Waals surface area contributed by atoms with Gasteiger partial charge in [-0.05, 0) is 18.2 Å². The first-order valence-corrected chi connectivity index (χ1v) is 5.07. The second-order valence-electron chi connectivity index (χ2n) is 3.59. The smallest absolute Gasteiger partial charge is 0.417 e. The summed E-state index contributed by atoms with van der Waals surface area (Å²) in [7, 11) is 2.87. The Labute approximate surface area is 102 Å². The van der Waals surface area contributed by atoms with Gasteiger partial charge in [0.15, 0.2) is 0 Å². The Kier molecular flexibility index (Phi) is 2.99. The van der Waals surface area contributed by atoms with Gasteiger partial charge in [0.05, 0.1) is 18.1 Å². The fourth-order valence-electron chi connectivity index (χ4n) is 1.56. The van der Waals surface area contributed by atoms with Gasteiger partial charge in [0.25, 0.3) is 5.91 Å². The fraction of sp³-hybridized carbons (Fsp3) is 0.182. The van der Waals surface area contributed by atoms with Crippen molar-refractivity contribution in [3.63, 3.8) is 0 Å². The van der Waals surface area contributed by atoms with Crippen molar-refractivity contribution in [3.05, 3.63) is 30.1 Å². The maximum atomic E-state index is 11.8. The Balaban J connectivity index is 2.46. The zero-order chi connectivity index (χ0) is 13.3. The van der Waals surface area contributed by atoms with Gasteiger partial charge in [0.1, 0.15) is 6.33 Å². The van der Waals surface area contributed by atoms with E-state index in [1.165, 1.54) is 38.7 Å². The topological polar surface area (TPSA) is 84.7 Å². The molecule has 0 unspecified atom stereocenters. The van der Waals surface area contributed by atoms with E-state index in [1.807, 2.05) is 0 Å². The summed E-state index contributed by atoms with van der Waals surface area (Å²) in [6.07, 6.45) is 0.0759. The Morgan fingerprint density at radius 1 is 1.44 bits per heavy atom. The SMILES string of the molecule is CON(C)C(=O)c1ccc2c(c1)ncn2C(=O)O. The molecule has 0 bridgehead atoms. The highest BCUT2D eigenvalue weighted by Gasteiger charge is 2.14. The molecule has 7 nitrogen and oxygen atoms in total. The Hall–Kier alpha value is -2.41. The molecule has 0 spiro atoms. The molecule has 2 rings (SSSR count). The molecule has 0 aliphatic rings. The molecule has 18 heavy (non-hydrogen) atoms. The van der Waals surface area contributed by atoms with Crippen LogP contribution in [0.25, 0.3) is 11.0 Å². The van der Waals surface area contributed by atoms with E-state index >= 15 is 0 Å². The highest BCUT2D eigenvalue weighted by molar-refractivity contribution is 5.97. The van der Waals surface area contributed by atoms with Crippen LogP contribution < -0.4 is 0 Å². The maximum Gasteiger partial charge on any atom is 0.417 e. The van der Waals surface area contributed by atoms with Gasteiger partial charge >= 0.3 is 6.09 Å². The van der Waals surface area contributed by atoms with Crippen molar-refractivity contribution >= 4 is 23.0 Å². The number of rotatable bonds is 2. The van der Waals surface area contributed by atoms with E-state index in [4.69, 9.17) is 9.94 Å². The van der Waals surface area contributed by atoms with E-state index in [2.05, 4.69) is 4.98 Å². The van der Waals surface area contributed by atoms with Gasteiger partial charge < -0.3 is 5.11 Å². The van der Waals surface area contributed by atoms with Crippen LogP contribution in [0.15, 0.2) is 24.5 Å². The van der Waals surface area contributed by atoms with Crippen molar-refractivity contribution in [2.45, 2.75) is 0 Å². The number of carbonyl (C=O) groups excluding carboxylic acids is 1. The summed E-state index contributed by atoms with van der Waals surface area (Å²) in [5, 5.41) is 9.98. The molecule has 7 heteroatoms. The number of benzene rings is 1.